The molecule has 1 N–H and O–H groups in total. The molecule has 0 aromatic rings. The third kappa shape index (κ3) is 3.77. The smallest absolute Gasteiger partial charge is 0.234 e. The minimum atomic E-state index is 0.177. The summed E-state index contributed by atoms with van der Waals surface area (Å²) in [7, 11) is 0. The number of carbonyl (C=O) groups is 1. The molecule has 1 aliphatic rings. The summed E-state index contributed by atoms with van der Waals surface area (Å²) in [6, 6.07) is 0.315. The van der Waals surface area contributed by atoms with Crippen molar-refractivity contribution in [3.63, 3.8) is 0 Å². The van der Waals surface area contributed by atoms with Gasteiger partial charge < -0.3 is 5.32 Å². The van der Waals surface area contributed by atoms with Crippen LogP contribution in [0, 0.1) is 0 Å². The second kappa shape index (κ2) is 5.22. The Bertz CT molecular complexity index is 164. The van der Waals surface area contributed by atoms with E-state index in [0.717, 1.165) is 19.5 Å². The molecule has 1 aliphatic heterocycles. The molecule has 1 fully saturated rings. The molecule has 13 heavy (non-hydrogen) atoms. The molecule has 76 valence electrons. The van der Waals surface area contributed by atoms with E-state index in [1.165, 1.54) is 12.8 Å². The molecule has 3 heteroatoms. The summed E-state index contributed by atoms with van der Waals surface area (Å²) in [5, 5.41) is 2.98. The van der Waals surface area contributed by atoms with Gasteiger partial charge in [0.2, 0.25) is 5.91 Å². The van der Waals surface area contributed by atoms with Crippen LogP contribution < -0.4 is 5.32 Å². The van der Waals surface area contributed by atoms with Crippen molar-refractivity contribution in [1.29, 1.82) is 0 Å². The standard InChI is InChI=1S/C10H20N2O/c1-3-9(2)11-10(13)8-12-6-4-5-7-12/h9H,3-8H2,1-2H3,(H,11,13)/t9-/m1/s1. The number of nitrogens with one attached hydrogen (secondary N) is 1. The van der Waals surface area contributed by atoms with E-state index >= 15 is 0 Å². The number of likely N-dealkylation sites (tertiary alicyclic amines) is 1. The van der Waals surface area contributed by atoms with Crippen molar-refractivity contribution < 1.29 is 4.79 Å². The van der Waals surface area contributed by atoms with Gasteiger partial charge in [-0.2, -0.15) is 0 Å². The van der Waals surface area contributed by atoms with Crippen LogP contribution in [0.4, 0.5) is 0 Å². The van der Waals surface area contributed by atoms with Crippen molar-refractivity contribution in [2.45, 2.75) is 39.2 Å². The summed E-state index contributed by atoms with van der Waals surface area (Å²) in [6.07, 6.45) is 3.50. The van der Waals surface area contributed by atoms with Gasteiger partial charge in [0.1, 0.15) is 0 Å². The number of nitrogens with zero attached hydrogens (tertiary/aromatic N) is 1. The Morgan fingerprint density at radius 1 is 1.46 bits per heavy atom. The summed E-state index contributed by atoms with van der Waals surface area (Å²) in [6.45, 7) is 6.90. The SMILES string of the molecule is CC[C@@H](C)NC(=O)CN1CCCC1. The second-order valence-electron chi connectivity index (χ2n) is 3.86. The second-order valence-corrected chi connectivity index (χ2v) is 3.86. The highest BCUT2D eigenvalue weighted by molar-refractivity contribution is 5.78. The summed E-state index contributed by atoms with van der Waals surface area (Å²) in [5.74, 6) is 0.177. The van der Waals surface area contributed by atoms with Gasteiger partial charge >= 0.3 is 0 Å². The van der Waals surface area contributed by atoms with Crippen molar-refractivity contribution in [3.05, 3.63) is 0 Å². The molecule has 0 radical (unpaired) electrons. The largest absolute Gasteiger partial charge is 0.353 e. The van der Waals surface area contributed by atoms with Gasteiger partial charge in [-0.1, -0.05) is 6.92 Å². The summed E-state index contributed by atoms with van der Waals surface area (Å²) >= 11 is 0. The zero-order valence-electron chi connectivity index (χ0n) is 8.68. The number of carbonyl (C=O) groups excluding carboxylic acids is 1. The van der Waals surface area contributed by atoms with Gasteiger partial charge in [-0.25, -0.2) is 0 Å². The lowest BCUT2D eigenvalue weighted by molar-refractivity contribution is -0.122. The molecule has 1 atom stereocenters. The fraction of sp³-hybridized carbons (Fsp3) is 0.900. The summed E-state index contributed by atoms with van der Waals surface area (Å²) in [5.41, 5.74) is 0. The minimum absolute atomic E-state index is 0.177. The van der Waals surface area contributed by atoms with Gasteiger partial charge in [-0.3, -0.25) is 9.69 Å². The first kappa shape index (κ1) is 10.5. The molecule has 0 spiro atoms. The topological polar surface area (TPSA) is 32.3 Å². The molecule has 0 bridgehead atoms. The van der Waals surface area contributed by atoms with Crippen LogP contribution >= 0.6 is 0 Å². The van der Waals surface area contributed by atoms with Crippen molar-refractivity contribution in [1.82, 2.24) is 10.2 Å². The predicted octanol–water partition coefficient (Wildman–Crippen LogP) is 0.997. The predicted molar refractivity (Wildman–Crippen MR) is 53.6 cm³/mol. The van der Waals surface area contributed by atoms with Crippen LogP contribution in [0.3, 0.4) is 0 Å². The van der Waals surface area contributed by atoms with Gasteiger partial charge in [0.05, 0.1) is 6.54 Å². The first-order valence-electron chi connectivity index (χ1n) is 5.24. The molecule has 0 aromatic carbocycles. The van der Waals surface area contributed by atoms with Gasteiger partial charge in [0, 0.05) is 6.04 Å². The van der Waals surface area contributed by atoms with E-state index in [-0.39, 0.29) is 5.91 Å². The van der Waals surface area contributed by atoms with Crippen LogP contribution in [0.1, 0.15) is 33.1 Å². The highest BCUT2D eigenvalue weighted by Crippen LogP contribution is 2.05. The van der Waals surface area contributed by atoms with E-state index in [9.17, 15) is 4.79 Å². The van der Waals surface area contributed by atoms with E-state index in [1.807, 2.05) is 6.92 Å². The van der Waals surface area contributed by atoms with Gasteiger partial charge in [-0.15, -0.1) is 0 Å². The highest BCUT2D eigenvalue weighted by atomic mass is 16.2. The maximum atomic E-state index is 11.4. The van der Waals surface area contributed by atoms with E-state index < -0.39 is 0 Å². The monoisotopic (exact) mass is 184 g/mol. The quantitative estimate of drug-likeness (QED) is 0.707. The van der Waals surface area contributed by atoms with Crippen LogP contribution in [0.2, 0.25) is 0 Å². The summed E-state index contributed by atoms with van der Waals surface area (Å²) < 4.78 is 0. The van der Waals surface area contributed by atoms with Crippen LogP contribution in [0.5, 0.6) is 0 Å². The maximum absolute atomic E-state index is 11.4. The van der Waals surface area contributed by atoms with Gasteiger partial charge in [-0.05, 0) is 39.3 Å². The van der Waals surface area contributed by atoms with E-state index in [2.05, 4.69) is 17.1 Å². The Hall–Kier alpha value is -0.570. The number of amides is 1. The molecule has 1 amide bonds. The van der Waals surface area contributed by atoms with Crippen LogP contribution in [-0.4, -0.2) is 36.5 Å². The fourth-order valence-corrected chi connectivity index (χ4v) is 1.57. The Kier molecular flexibility index (Phi) is 4.22. The third-order valence-corrected chi connectivity index (χ3v) is 2.59. The minimum Gasteiger partial charge on any atom is -0.353 e. The van der Waals surface area contributed by atoms with Gasteiger partial charge in [0.15, 0.2) is 0 Å². The van der Waals surface area contributed by atoms with Crippen molar-refractivity contribution in [2.75, 3.05) is 19.6 Å². The summed E-state index contributed by atoms with van der Waals surface area (Å²) in [4.78, 5) is 13.6. The average molecular weight is 184 g/mol. The molecule has 1 rings (SSSR count). The van der Waals surface area contributed by atoms with Crippen LogP contribution in [0.25, 0.3) is 0 Å². The van der Waals surface area contributed by atoms with E-state index in [4.69, 9.17) is 0 Å². The lowest BCUT2D eigenvalue weighted by Gasteiger charge is -2.16. The van der Waals surface area contributed by atoms with Crippen molar-refractivity contribution in [3.8, 4) is 0 Å². The fourth-order valence-electron chi connectivity index (χ4n) is 1.57. The number of rotatable bonds is 4. The third-order valence-electron chi connectivity index (χ3n) is 2.59. The molecular formula is C10H20N2O. The zero-order valence-corrected chi connectivity index (χ0v) is 8.68. The van der Waals surface area contributed by atoms with Crippen molar-refractivity contribution in [2.24, 2.45) is 0 Å². The van der Waals surface area contributed by atoms with Gasteiger partial charge in [0.25, 0.3) is 0 Å². The first-order valence-corrected chi connectivity index (χ1v) is 5.24. The van der Waals surface area contributed by atoms with Crippen molar-refractivity contribution >= 4 is 5.91 Å². The lowest BCUT2D eigenvalue weighted by atomic mass is 10.2. The normalized spacial score (nSPS) is 20.2. The molecule has 3 nitrogen and oxygen atoms in total. The Morgan fingerprint density at radius 2 is 2.08 bits per heavy atom. The highest BCUT2D eigenvalue weighted by Gasteiger charge is 2.15. The van der Waals surface area contributed by atoms with Crippen LogP contribution in [0.15, 0.2) is 0 Å². The maximum Gasteiger partial charge on any atom is 0.234 e. The van der Waals surface area contributed by atoms with E-state index in [1.54, 1.807) is 0 Å². The lowest BCUT2D eigenvalue weighted by Crippen LogP contribution is -2.39. The zero-order chi connectivity index (χ0) is 9.68. The first-order chi connectivity index (χ1) is 6.22. The van der Waals surface area contributed by atoms with E-state index in [0.29, 0.717) is 12.6 Å². The molecule has 0 aliphatic carbocycles. The Morgan fingerprint density at radius 3 is 2.62 bits per heavy atom. The average Bonchev–Trinajstić information content (AvgIpc) is 2.56. The Labute approximate surface area is 80.5 Å². The molecule has 1 heterocycles. The molecule has 0 unspecified atom stereocenters. The molecule has 0 saturated carbocycles. The molecule has 1 saturated heterocycles. The number of hydrogen-bond donors (Lipinski definition) is 1. The molecule has 0 aromatic heterocycles. The Balaban J connectivity index is 2.16. The van der Waals surface area contributed by atoms with Crippen LogP contribution in [-0.2, 0) is 4.79 Å². The number of hydrogen-bond acceptors (Lipinski definition) is 2. The molecular weight excluding hydrogens is 164 g/mol.